The van der Waals surface area contributed by atoms with Crippen molar-refractivity contribution in [2.75, 3.05) is 0 Å². The smallest absolute Gasteiger partial charge is 0.258 e. The largest absolute Gasteiger partial charge is 0.310 e. The minimum absolute atomic E-state index is 0.354. The van der Waals surface area contributed by atoms with E-state index < -0.39 is 0 Å². The van der Waals surface area contributed by atoms with Crippen LogP contribution in [0.5, 0.6) is 0 Å². The highest BCUT2D eigenvalue weighted by molar-refractivity contribution is 5.36. The molecule has 0 radical (unpaired) electrons. The molecule has 1 aromatic carbocycles. The van der Waals surface area contributed by atoms with Crippen LogP contribution in [0.1, 0.15) is 30.0 Å². The van der Waals surface area contributed by atoms with Crippen molar-refractivity contribution in [3.05, 3.63) is 59.2 Å². The van der Waals surface area contributed by atoms with Gasteiger partial charge in [0.2, 0.25) is 0 Å². The van der Waals surface area contributed by atoms with E-state index in [1.165, 1.54) is 18.4 Å². The summed E-state index contributed by atoms with van der Waals surface area (Å²) in [5, 5.41) is 4.36. The normalized spacial score (nSPS) is 14.5. The molecular weight excluding hydrogens is 210 g/mol. The number of nitrogens with zero attached hydrogens (tertiary/aromatic N) is 3. The van der Waals surface area contributed by atoms with Crippen molar-refractivity contribution in [1.82, 2.24) is 9.78 Å². The van der Waals surface area contributed by atoms with Gasteiger partial charge in [0.25, 0.3) is 6.54 Å². The minimum atomic E-state index is 0.354. The first-order chi connectivity index (χ1) is 8.36. The van der Waals surface area contributed by atoms with E-state index in [-0.39, 0.29) is 0 Å². The van der Waals surface area contributed by atoms with Gasteiger partial charge in [0.15, 0.2) is 0 Å². The van der Waals surface area contributed by atoms with E-state index in [2.05, 4.69) is 34.2 Å². The second-order valence-electron chi connectivity index (χ2n) is 4.43. The molecular formula is C14H13N3. The monoisotopic (exact) mass is 223 g/mol. The molecule has 3 rings (SSSR count). The van der Waals surface area contributed by atoms with E-state index in [4.69, 9.17) is 6.57 Å². The lowest BCUT2D eigenvalue weighted by molar-refractivity contribution is 0.850. The van der Waals surface area contributed by atoms with Crippen molar-refractivity contribution >= 4 is 0 Å². The Morgan fingerprint density at radius 3 is 2.65 bits per heavy atom. The fourth-order valence-corrected chi connectivity index (χ4v) is 1.99. The van der Waals surface area contributed by atoms with Crippen molar-refractivity contribution in [3.63, 3.8) is 0 Å². The third kappa shape index (κ3) is 2.07. The third-order valence-electron chi connectivity index (χ3n) is 3.09. The molecule has 0 bridgehead atoms. The lowest BCUT2D eigenvalue weighted by atomic mass is 10.1. The Labute approximate surface area is 101 Å². The summed E-state index contributed by atoms with van der Waals surface area (Å²) in [4.78, 5) is 3.33. The van der Waals surface area contributed by atoms with Crippen LogP contribution >= 0.6 is 0 Å². The van der Waals surface area contributed by atoms with Crippen LogP contribution in [0.4, 0.5) is 0 Å². The molecule has 0 atom stereocenters. The van der Waals surface area contributed by atoms with E-state index >= 15 is 0 Å². The molecule has 0 amide bonds. The van der Waals surface area contributed by atoms with E-state index in [9.17, 15) is 0 Å². The van der Waals surface area contributed by atoms with Crippen LogP contribution in [-0.2, 0) is 6.54 Å². The number of rotatable bonds is 3. The van der Waals surface area contributed by atoms with Crippen LogP contribution in [0.3, 0.4) is 0 Å². The first kappa shape index (κ1) is 10.1. The Morgan fingerprint density at radius 2 is 2.00 bits per heavy atom. The van der Waals surface area contributed by atoms with Gasteiger partial charge in [-0.3, -0.25) is 0 Å². The summed E-state index contributed by atoms with van der Waals surface area (Å²) >= 11 is 0. The van der Waals surface area contributed by atoms with Gasteiger partial charge in [0.05, 0.1) is 5.69 Å². The molecule has 1 heterocycles. The predicted octanol–water partition coefficient (Wildman–Crippen LogP) is 3.17. The van der Waals surface area contributed by atoms with Crippen LogP contribution in [0, 0.1) is 6.57 Å². The summed E-state index contributed by atoms with van der Waals surface area (Å²) in [6, 6.07) is 10.5. The van der Waals surface area contributed by atoms with Crippen LogP contribution in [0.2, 0.25) is 0 Å². The molecule has 3 heteroatoms. The highest BCUT2D eigenvalue weighted by Crippen LogP contribution is 2.40. The van der Waals surface area contributed by atoms with Crippen molar-refractivity contribution in [2.45, 2.75) is 25.3 Å². The summed E-state index contributed by atoms with van der Waals surface area (Å²) in [6.45, 7) is 7.17. The van der Waals surface area contributed by atoms with Gasteiger partial charge in [-0.25, -0.2) is 11.3 Å². The molecule has 0 N–H and O–H groups in total. The Kier molecular flexibility index (Phi) is 2.41. The minimum Gasteiger partial charge on any atom is -0.310 e. The van der Waals surface area contributed by atoms with Crippen molar-refractivity contribution in [2.24, 2.45) is 0 Å². The maximum Gasteiger partial charge on any atom is 0.258 e. The molecule has 0 aliphatic heterocycles. The average Bonchev–Trinajstić information content (AvgIpc) is 3.11. The lowest BCUT2D eigenvalue weighted by Gasteiger charge is -2.02. The quantitative estimate of drug-likeness (QED) is 0.733. The summed E-state index contributed by atoms with van der Waals surface area (Å²) in [6.07, 6.45) is 4.57. The molecule has 1 aliphatic rings. The van der Waals surface area contributed by atoms with Crippen molar-refractivity contribution in [1.29, 1.82) is 0 Å². The fourth-order valence-electron chi connectivity index (χ4n) is 1.99. The van der Waals surface area contributed by atoms with Gasteiger partial charge in [-0.1, -0.05) is 12.1 Å². The first-order valence-electron chi connectivity index (χ1n) is 5.85. The molecule has 0 unspecified atom stereocenters. The Bertz CT molecular complexity index is 556. The number of hydrogen-bond acceptors (Lipinski definition) is 1. The zero-order valence-corrected chi connectivity index (χ0v) is 9.50. The second kappa shape index (κ2) is 4.06. The molecule has 0 spiro atoms. The molecule has 1 saturated carbocycles. The maximum atomic E-state index is 6.81. The summed E-state index contributed by atoms with van der Waals surface area (Å²) in [7, 11) is 0. The predicted molar refractivity (Wildman–Crippen MR) is 65.8 cm³/mol. The number of benzene rings is 1. The molecule has 1 fully saturated rings. The summed E-state index contributed by atoms with van der Waals surface area (Å²) < 4.78 is 1.83. The summed E-state index contributed by atoms with van der Waals surface area (Å²) in [5.41, 5.74) is 3.32. The first-order valence-corrected chi connectivity index (χ1v) is 5.85. The second-order valence-corrected chi connectivity index (χ2v) is 4.43. The number of hydrogen-bond donors (Lipinski definition) is 0. The highest BCUT2D eigenvalue weighted by atomic mass is 15.3. The summed E-state index contributed by atoms with van der Waals surface area (Å²) in [5.74, 6) is 0.791. The van der Waals surface area contributed by atoms with Gasteiger partial charge in [0, 0.05) is 6.20 Å². The van der Waals surface area contributed by atoms with Crippen LogP contribution < -0.4 is 0 Å². The average molecular weight is 223 g/mol. The van der Waals surface area contributed by atoms with E-state index in [1.54, 1.807) is 0 Å². The molecule has 0 saturated heterocycles. The van der Waals surface area contributed by atoms with E-state index in [0.29, 0.717) is 6.54 Å². The van der Waals surface area contributed by atoms with Crippen molar-refractivity contribution < 1.29 is 0 Å². The van der Waals surface area contributed by atoms with E-state index in [1.807, 2.05) is 16.9 Å². The van der Waals surface area contributed by atoms with Crippen LogP contribution in [0.25, 0.3) is 10.5 Å². The molecule has 2 aromatic rings. The molecule has 1 aliphatic carbocycles. The fraction of sp³-hybridized carbons (Fsp3) is 0.286. The number of aromatic nitrogens is 2. The Morgan fingerprint density at radius 1 is 1.24 bits per heavy atom. The molecule has 17 heavy (non-hydrogen) atoms. The van der Waals surface area contributed by atoms with Crippen LogP contribution in [0.15, 0.2) is 36.5 Å². The van der Waals surface area contributed by atoms with Gasteiger partial charge < -0.3 is 4.85 Å². The molecule has 3 nitrogen and oxygen atoms in total. The van der Waals surface area contributed by atoms with Gasteiger partial charge in [-0.15, -0.1) is 0 Å². The zero-order chi connectivity index (χ0) is 11.7. The van der Waals surface area contributed by atoms with E-state index in [0.717, 1.165) is 17.3 Å². The lowest BCUT2D eigenvalue weighted by Crippen LogP contribution is -1.95. The molecule has 1 aromatic heterocycles. The Hall–Kier alpha value is -2.08. The van der Waals surface area contributed by atoms with Gasteiger partial charge >= 0.3 is 0 Å². The van der Waals surface area contributed by atoms with Gasteiger partial charge in [0.1, 0.15) is 5.69 Å². The van der Waals surface area contributed by atoms with Gasteiger partial charge in [-0.2, -0.15) is 5.10 Å². The highest BCUT2D eigenvalue weighted by Gasteiger charge is 2.22. The SMILES string of the molecule is [C-]#[N+]Cc1ccn(-c2ccc(C3CC3)cc2)n1. The molecule has 84 valence electrons. The third-order valence-corrected chi connectivity index (χ3v) is 3.09. The van der Waals surface area contributed by atoms with Gasteiger partial charge in [-0.05, 0) is 42.5 Å². The van der Waals surface area contributed by atoms with Crippen LogP contribution in [-0.4, -0.2) is 9.78 Å². The maximum absolute atomic E-state index is 6.81. The standard InChI is InChI=1S/C14H13N3/c1-15-10-13-8-9-17(16-13)14-6-4-12(5-7-14)11-2-3-11/h4-9,11H,2-3,10H2. The van der Waals surface area contributed by atoms with Crippen molar-refractivity contribution in [3.8, 4) is 5.69 Å². The topological polar surface area (TPSA) is 22.2 Å². The zero-order valence-electron chi connectivity index (χ0n) is 9.50. The Balaban J connectivity index is 1.84.